The number of hydrogen-bond acceptors (Lipinski definition) is 6. The van der Waals surface area contributed by atoms with Crippen LogP contribution in [-0.4, -0.2) is 61.9 Å². The van der Waals surface area contributed by atoms with E-state index in [4.69, 9.17) is 0 Å². The van der Waals surface area contributed by atoms with Gasteiger partial charge in [-0.3, -0.25) is 4.79 Å². The number of anilines is 1. The highest BCUT2D eigenvalue weighted by Crippen LogP contribution is 2.24. The summed E-state index contributed by atoms with van der Waals surface area (Å²) in [5, 5.41) is 8.33. The summed E-state index contributed by atoms with van der Waals surface area (Å²) in [7, 11) is 0. The summed E-state index contributed by atoms with van der Waals surface area (Å²) in [6.07, 6.45) is 1.41. The topological polar surface area (TPSA) is 80.0 Å². The molecule has 4 aromatic rings. The number of rotatable bonds is 3. The summed E-state index contributed by atoms with van der Waals surface area (Å²) in [5.74, 6) is -0.652. The zero-order valence-electron chi connectivity index (χ0n) is 16.3. The van der Waals surface area contributed by atoms with Crippen molar-refractivity contribution in [1.29, 1.82) is 0 Å². The van der Waals surface area contributed by atoms with E-state index in [1.54, 1.807) is 29.2 Å². The first-order valence-electron chi connectivity index (χ1n) is 9.73. The lowest BCUT2D eigenvalue weighted by atomic mass is 10.1. The summed E-state index contributed by atoms with van der Waals surface area (Å²) in [6, 6.07) is 12.0. The van der Waals surface area contributed by atoms with Crippen molar-refractivity contribution in [2.45, 2.75) is 0 Å². The minimum Gasteiger partial charge on any atom is -0.351 e. The number of benzene rings is 2. The van der Waals surface area contributed by atoms with E-state index in [2.05, 4.69) is 20.3 Å². The van der Waals surface area contributed by atoms with Crippen LogP contribution >= 0.6 is 0 Å². The van der Waals surface area contributed by atoms with Crippen LogP contribution in [0.25, 0.3) is 16.9 Å². The van der Waals surface area contributed by atoms with E-state index >= 15 is 0 Å². The predicted octanol–water partition coefficient (Wildman–Crippen LogP) is 2.45. The van der Waals surface area contributed by atoms with E-state index in [1.807, 2.05) is 4.90 Å². The molecule has 1 amide bonds. The van der Waals surface area contributed by atoms with Crippen LogP contribution in [-0.2, 0) is 0 Å². The molecule has 3 heterocycles. The lowest BCUT2D eigenvalue weighted by Gasteiger charge is -2.35. The molecular weight excluding hydrogens is 404 g/mol. The van der Waals surface area contributed by atoms with Crippen LogP contribution in [0, 0.1) is 11.6 Å². The van der Waals surface area contributed by atoms with Crippen LogP contribution in [0.3, 0.4) is 0 Å². The largest absolute Gasteiger partial charge is 0.351 e. The molecule has 156 valence electrons. The molecule has 0 saturated carbocycles. The normalized spacial score (nSPS) is 14.3. The molecule has 0 bridgehead atoms. The maximum Gasteiger partial charge on any atom is 0.256 e. The maximum atomic E-state index is 14.0. The van der Waals surface area contributed by atoms with Crippen LogP contribution < -0.4 is 4.90 Å². The number of amides is 1. The van der Waals surface area contributed by atoms with Crippen molar-refractivity contribution in [3.8, 4) is 5.69 Å². The van der Waals surface area contributed by atoms with E-state index in [-0.39, 0.29) is 17.3 Å². The summed E-state index contributed by atoms with van der Waals surface area (Å²) in [4.78, 5) is 24.9. The van der Waals surface area contributed by atoms with Crippen LogP contribution in [0.15, 0.2) is 54.9 Å². The Morgan fingerprint density at radius 3 is 2.52 bits per heavy atom. The number of nitrogens with zero attached hydrogens (tertiary/aromatic N) is 7. The molecule has 1 fully saturated rings. The molecule has 0 spiro atoms. The van der Waals surface area contributed by atoms with Crippen molar-refractivity contribution in [3.63, 3.8) is 0 Å². The van der Waals surface area contributed by atoms with E-state index in [1.165, 1.54) is 35.3 Å². The van der Waals surface area contributed by atoms with Gasteiger partial charge in [-0.25, -0.2) is 18.7 Å². The molecule has 5 rings (SSSR count). The number of halogens is 2. The van der Waals surface area contributed by atoms with Gasteiger partial charge < -0.3 is 9.80 Å². The molecule has 0 N–H and O–H groups in total. The first-order valence-corrected chi connectivity index (χ1v) is 9.73. The van der Waals surface area contributed by atoms with Crippen molar-refractivity contribution < 1.29 is 13.6 Å². The Bertz CT molecular complexity index is 1270. The van der Waals surface area contributed by atoms with Gasteiger partial charge in [-0.1, -0.05) is 23.4 Å². The monoisotopic (exact) mass is 421 g/mol. The van der Waals surface area contributed by atoms with Crippen molar-refractivity contribution in [2.75, 3.05) is 31.1 Å². The van der Waals surface area contributed by atoms with Crippen LogP contribution in [0.5, 0.6) is 0 Å². The van der Waals surface area contributed by atoms with Crippen molar-refractivity contribution in [1.82, 2.24) is 29.9 Å². The second-order valence-electron chi connectivity index (χ2n) is 7.11. The zero-order valence-corrected chi connectivity index (χ0v) is 16.3. The van der Waals surface area contributed by atoms with Crippen LogP contribution in [0.1, 0.15) is 10.4 Å². The summed E-state index contributed by atoms with van der Waals surface area (Å²) in [5.41, 5.74) is 1.52. The Morgan fingerprint density at radius 2 is 1.74 bits per heavy atom. The first kappa shape index (κ1) is 19.0. The highest BCUT2D eigenvalue weighted by molar-refractivity contribution is 5.94. The van der Waals surface area contributed by atoms with E-state index in [0.29, 0.717) is 48.8 Å². The lowest BCUT2D eigenvalue weighted by molar-refractivity contribution is 0.0742. The van der Waals surface area contributed by atoms with Gasteiger partial charge in [-0.05, 0) is 30.3 Å². The third-order valence-corrected chi connectivity index (χ3v) is 5.24. The minimum atomic E-state index is -0.526. The summed E-state index contributed by atoms with van der Waals surface area (Å²) >= 11 is 0. The molecule has 2 aromatic heterocycles. The molecule has 1 aliphatic rings. The Kier molecular flexibility index (Phi) is 4.73. The quantitative estimate of drug-likeness (QED) is 0.506. The smallest absolute Gasteiger partial charge is 0.256 e. The third kappa shape index (κ3) is 3.45. The molecule has 8 nitrogen and oxygen atoms in total. The molecule has 0 radical (unpaired) electrons. The average molecular weight is 421 g/mol. The van der Waals surface area contributed by atoms with Gasteiger partial charge in [0.25, 0.3) is 5.91 Å². The number of hydrogen-bond donors (Lipinski definition) is 0. The van der Waals surface area contributed by atoms with Crippen molar-refractivity contribution >= 4 is 22.9 Å². The Balaban J connectivity index is 1.38. The van der Waals surface area contributed by atoms with Crippen LogP contribution in [0.4, 0.5) is 14.6 Å². The SMILES string of the molecule is O=C(c1ccccc1F)N1CCN(c2ncnc3c2nnn3-c2cccc(F)c2)CC1. The van der Waals surface area contributed by atoms with Crippen LogP contribution in [0.2, 0.25) is 0 Å². The molecule has 31 heavy (non-hydrogen) atoms. The highest BCUT2D eigenvalue weighted by atomic mass is 19.1. The van der Waals surface area contributed by atoms with E-state index < -0.39 is 5.82 Å². The fourth-order valence-corrected chi connectivity index (χ4v) is 3.68. The molecule has 0 unspecified atom stereocenters. The third-order valence-electron chi connectivity index (χ3n) is 5.24. The van der Waals surface area contributed by atoms with E-state index in [9.17, 15) is 13.6 Å². The summed E-state index contributed by atoms with van der Waals surface area (Å²) in [6.45, 7) is 1.83. The predicted molar refractivity (Wildman–Crippen MR) is 109 cm³/mol. The van der Waals surface area contributed by atoms with Gasteiger partial charge in [0.15, 0.2) is 17.0 Å². The van der Waals surface area contributed by atoms with Crippen molar-refractivity contribution in [3.05, 3.63) is 72.1 Å². The Morgan fingerprint density at radius 1 is 0.935 bits per heavy atom. The van der Waals surface area contributed by atoms with Gasteiger partial charge in [0.05, 0.1) is 11.3 Å². The second-order valence-corrected chi connectivity index (χ2v) is 7.11. The van der Waals surface area contributed by atoms with Gasteiger partial charge in [0.2, 0.25) is 0 Å². The molecule has 0 atom stereocenters. The minimum absolute atomic E-state index is 0.0680. The van der Waals surface area contributed by atoms with Gasteiger partial charge >= 0.3 is 0 Å². The molecule has 1 saturated heterocycles. The first-order chi connectivity index (χ1) is 15.1. The molecule has 1 aliphatic heterocycles. The van der Waals surface area contributed by atoms with Gasteiger partial charge in [-0.2, -0.15) is 4.68 Å². The fourth-order valence-electron chi connectivity index (χ4n) is 3.68. The van der Waals surface area contributed by atoms with E-state index in [0.717, 1.165) is 0 Å². The molecule has 2 aromatic carbocycles. The summed E-state index contributed by atoms with van der Waals surface area (Å²) < 4.78 is 29.0. The molecular formula is C21H17F2N7O. The fraction of sp³-hybridized carbons (Fsp3) is 0.190. The number of piperazine rings is 1. The average Bonchev–Trinajstić information content (AvgIpc) is 3.23. The maximum absolute atomic E-state index is 14.0. The molecule has 10 heteroatoms. The lowest BCUT2D eigenvalue weighted by Crippen LogP contribution is -2.49. The van der Waals surface area contributed by atoms with Crippen molar-refractivity contribution in [2.24, 2.45) is 0 Å². The number of carbonyl (C=O) groups excluding carboxylic acids is 1. The molecule has 0 aliphatic carbocycles. The second kappa shape index (κ2) is 7.71. The van der Waals surface area contributed by atoms with Gasteiger partial charge in [0, 0.05) is 26.2 Å². The number of carbonyl (C=O) groups is 1. The zero-order chi connectivity index (χ0) is 21.4. The van der Waals surface area contributed by atoms with Gasteiger partial charge in [-0.15, -0.1) is 5.10 Å². The standard InChI is InChI=1S/C21H17F2N7O/c22-14-4-3-5-15(12-14)30-20-18(26-27-30)19(24-13-25-20)28-8-10-29(11-9-28)21(31)16-6-1-2-7-17(16)23/h1-7,12-13H,8-11H2. The Labute approximate surface area is 175 Å². The Hall–Kier alpha value is -3.95. The highest BCUT2D eigenvalue weighted by Gasteiger charge is 2.26. The number of aromatic nitrogens is 5. The van der Waals surface area contributed by atoms with Gasteiger partial charge in [0.1, 0.15) is 18.0 Å². The number of fused-ring (bicyclic) bond motifs is 1.